The highest BCUT2D eigenvalue weighted by atomic mass is 32.2. The van der Waals surface area contributed by atoms with Crippen molar-refractivity contribution in [1.82, 2.24) is 15.0 Å². The van der Waals surface area contributed by atoms with Crippen LogP contribution in [-0.2, 0) is 16.4 Å². The molecule has 0 saturated carbocycles. The smallest absolute Gasteiger partial charge is 0.212 e. The summed E-state index contributed by atoms with van der Waals surface area (Å²) >= 11 is 1.60. The Hall–Kier alpha value is -2.77. The fourth-order valence-electron chi connectivity index (χ4n) is 4.21. The summed E-state index contributed by atoms with van der Waals surface area (Å²) in [4.78, 5) is 5.71. The molecule has 1 atom stereocenters. The molecule has 7 nitrogen and oxygen atoms in total. The number of benzene rings is 2. The second-order valence-corrected chi connectivity index (χ2v) is 11.5. The summed E-state index contributed by atoms with van der Waals surface area (Å²) in [5.74, 6) is 0.638. The maximum Gasteiger partial charge on any atom is 0.212 e. The van der Waals surface area contributed by atoms with Gasteiger partial charge in [0.05, 0.1) is 22.3 Å². The zero-order valence-corrected chi connectivity index (χ0v) is 21.1. The van der Waals surface area contributed by atoms with E-state index in [1.165, 1.54) is 18.2 Å². The Balaban J connectivity index is 1.55. The van der Waals surface area contributed by atoms with Gasteiger partial charge in [-0.15, -0.1) is 11.3 Å². The molecular formula is C25H28N4O3S2. The first-order chi connectivity index (χ1) is 16.3. The van der Waals surface area contributed by atoms with E-state index in [-0.39, 0.29) is 17.9 Å². The van der Waals surface area contributed by atoms with Crippen molar-refractivity contribution in [2.24, 2.45) is 0 Å². The normalized spacial score (nSPS) is 15.3. The van der Waals surface area contributed by atoms with Crippen LogP contribution in [0.15, 0.2) is 42.6 Å². The average molecular weight is 497 g/mol. The summed E-state index contributed by atoms with van der Waals surface area (Å²) in [6.07, 6.45) is 3.74. The summed E-state index contributed by atoms with van der Waals surface area (Å²) in [6.45, 7) is 4.27. The number of rotatable bonds is 9. The van der Waals surface area contributed by atoms with Crippen molar-refractivity contribution in [3.8, 4) is 32.8 Å². The van der Waals surface area contributed by atoms with E-state index in [4.69, 9.17) is 4.74 Å². The van der Waals surface area contributed by atoms with Gasteiger partial charge in [-0.25, -0.2) is 18.1 Å². The van der Waals surface area contributed by atoms with Crippen molar-refractivity contribution < 1.29 is 13.2 Å². The number of nitrogens with one attached hydrogen (secondary N) is 2. The van der Waals surface area contributed by atoms with Gasteiger partial charge in [0.15, 0.2) is 0 Å². The van der Waals surface area contributed by atoms with Gasteiger partial charge >= 0.3 is 0 Å². The molecule has 1 aromatic heterocycles. The second kappa shape index (κ2) is 10.2. The minimum Gasteiger partial charge on any atom is -0.490 e. The molecule has 1 unspecified atom stereocenters. The molecule has 2 N–H and O–H groups in total. The number of thiazole rings is 1. The molecule has 0 aliphatic heterocycles. The lowest BCUT2D eigenvalue weighted by atomic mass is 10.0. The first-order valence-corrected chi connectivity index (χ1v) is 13.7. The van der Waals surface area contributed by atoms with Crippen LogP contribution in [0.5, 0.6) is 5.75 Å². The van der Waals surface area contributed by atoms with Gasteiger partial charge in [0.1, 0.15) is 16.8 Å². The van der Waals surface area contributed by atoms with E-state index in [0.29, 0.717) is 17.9 Å². The number of hydrogen-bond donors (Lipinski definition) is 2. The third kappa shape index (κ3) is 5.31. The quantitative estimate of drug-likeness (QED) is 0.459. The molecular weight excluding hydrogens is 468 g/mol. The Labute approximate surface area is 204 Å². The standard InChI is InChI=1S/C25H28N4O3S2/c1-16(2)32-23-10-7-17(13-18(23)14-26)25-29-15-24(33-25)21-6-4-5-20-19(21)8-9-22(20)28-11-12-34(30,31)27-3/h4-7,10,13,15-16,22,27-28H,8-9,11-12H2,1-3H3. The van der Waals surface area contributed by atoms with Crippen LogP contribution in [0.3, 0.4) is 0 Å². The van der Waals surface area contributed by atoms with Crippen molar-refractivity contribution in [3.05, 3.63) is 59.3 Å². The van der Waals surface area contributed by atoms with Crippen LogP contribution in [-0.4, -0.2) is 38.9 Å². The first kappa shape index (κ1) is 24.4. The number of fused-ring (bicyclic) bond motifs is 1. The lowest BCUT2D eigenvalue weighted by Crippen LogP contribution is -2.31. The van der Waals surface area contributed by atoms with Crippen LogP contribution >= 0.6 is 11.3 Å². The van der Waals surface area contributed by atoms with Gasteiger partial charge in [-0.05, 0) is 68.6 Å². The number of sulfonamides is 1. The molecule has 1 aliphatic carbocycles. The number of nitrogens with zero attached hydrogens (tertiary/aromatic N) is 2. The minimum absolute atomic E-state index is 0.00406. The van der Waals surface area contributed by atoms with Gasteiger partial charge in [0.25, 0.3) is 0 Å². The number of nitriles is 1. The third-order valence-electron chi connectivity index (χ3n) is 5.82. The van der Waals surface area contributed by atoms with Gasteiger partial charge in [0, 0.05) is 24.3 Å². The summed E-state index contributed by atoms with van der Waals surface area (Å²) < 4.78 is 31.5. The molecule has 4 rings (SSSR count). The van der Waals surface area contributed by atoms with Crippen LogP contribution < -0.4 is 14.8 Å². The van der Waals surface area contributed by atoms with Gasteiger partial charge in [-0.1, -0.05) is 18.2 Å². The van der Waals surface area contributed by atoms with Crippen molar-refractivity contribution in [1.29, 1.82) is 5.26 Å². The maximum absolute atomic E-state index is 11.7. The molecule has 0 fully saturated rings. The van der Waals surface area contributed by atoms with E-state index >= 15 is 0 Å². The largest absolute Gasteiger partial charge is 0.490 e. The molecule has 2 aromatic carbocycles. The van der Waals surface area contributed by atoms with E-state index in [2.05, 4.69) is 33.2 Å². The van der Waals surface area contributed by atoms with Gasteiger partial charge in [-0.2, -0.15) is 5.26 Å². The van der Waals surface area contributed by atoms with Crippen molar-refractivity contribution >= 4 is 21.4 Å². The Morgan fingerprint density at radius 3 is 2.85 bits per heavy atom. The third-order valence-corrected chi connectivity index (χ3v) is 8.27. The summed E-state index contributed by atoms with van der Waals surface area (Å²) in [7, 11) is -1.79. The zero-order chi connectivity index (χ0) is 24.3. The number of ether oxygens (including phenoxy) is 1. The highest BCUT2D eigenvalue weighted by molar-refractivity contribution is 7.89. The van der Waals surface area contributed by atoms with E-state index < -0.39 is 10.0 Å². The fourth-order valence-corrected chi connectivity index (χ4v) is 5.76. The molecule has 34 heavy (non-hydrogen) atoms. The second-order valence-electron chi connectivity index (χ2n) is 8.46. The molecule has 0 bridgehead atoms. The molecule has 0 spiro atoms. The van der Waals surface area contributed by atoms with Crippen molar-refractivity contribution in [2.45, 2.75) is 38.8 Å². The predicted molar refractivity (Wildman–Crippen MR) is 135 cm³/mol. The van der Waals surface area contributed by atoms with Crippen LogP contribution in [0.25, 0.3) is 21.0 Å². The van der Waals surface area contributed by atoms with Crippen LogP contribution in [0.4, 0.5) is 0 Å². The Bertz CT molecular complexity index is 1330. The van der Waals surface area contributed by atoms with Crippen LogP contribution in [0, 0.1) is 11.3 Å². The molecule has 9 heteroatoms. The highest BCUT2D eigenvalue weighted by Crippen LogP contribution is 2.41. The summed E-state index contributed by atoms with van der Waals surface area (Å²) in [6, 6.07) is 14.2. The molecule has 178 valence electrons. The summed E-state index contributed by atoms with van der Waals surface area (Å²) in [5, 5.41) is 13.8. The lowest BCUT2D eigenvalue weighted by Gasteiger charge is -2.14. The fraction of sp³-hybridized carbons (Fsp3) is 0.360. The van der Waals surface area contributed by atoms with E-state index in [0.717, 1.165) is 33.9 Å². The lowest BCUT2D eigenvalue weighted by molar-refractivity contribution is 0.242. The Morgan fingerprint density at radius 2 is 2.12 bits per heavy atom. The Kier molecular flexibility index (Phi) is 7.33. The SMILES string of the molecule is CNS(=O)(=O)CCNC1CCc2c(-c3cnc(-c4ccc(OC(C)C)c(C#N)c4)s3)cccc21. The van der Waals surface area contributed by atoms with Crippen molar-refractivity contribution in [3.63, 3.8) is 0 Å². The number of aromatic nitrogens is 1. The topological polar surface area (TPSA) is 104 Å². The van der Waals surface area contributed by atoms with Crippen LogP contribution in [0.1, 0.15) is 43.0 Å². The molecule has 0 amide bonds. The van der Waals surface area contributed by atoms with Crippen LogP contribution in [0.2, 0.25) is 0 Å². The number of hydrogen-bond acceptors (Lipinski definition) is 7. The maximum atomic E-state index is 11.7. The van der Waals surface area contributed by atoms with Gasteiger partial charge < -0.3 is 10.1 Å². The Morgan fingerprint density at radius 1 is 1.29 bits per heavy atom. The highest BCUT2D eigenvalue weighted by Gasteiger charge is 2.25. The predicted octanol–water partition coefficient (Wildman–Crippen LogP) is 4.26. The van der Waals surface area contributed by atoms with E-state index in [1.807, 2.05) is 44.3 Å². The average Bonchev–Trinajstić information content (AvgIpc) is 3.47. The molecule has 0 radical (unpaired) electrons. The molecule has 0 saturated heterocycles. The molecule has 1 aliphatic rings. The minimum atomic E-state index is -3.22. The zero-order valence-electron chi connectivity index (χ0n) is 19.5. The molecule has 3 aromatic rings. The van der Waals surface area contributed by atoms with E-state index in [1.54, 1.807) is 11.3 Å². The first-order valence-electron chi connectivity index (χ1n) is 11.2. The van der Waals surface area contributed by atoms with Gasteiger partial charge in [0.2, 0.25) is 10.0 Å². The van der Waals surface area contributed by atoms with Crippen molar-refractivity contribution in [2.75, 3.05) is 19.3 Å². The summed E-state index contributed by atoms with van der Waals surface area (Å²) in [5.41, 5.74) is 5.05. The monoisotopic (exact) mass is 496 g/mol. The molecule has 1 heterocycles. The van der Waals surface area contributed by atoms with Gasteiger partial charge in [-0.3, -0.25) is 0 Å². The van der Waals surface area contributed by atoms with E-state index in [9.17, 15) is 13.7 Å².